The third-order valence-corrected chi connectivity index (χ3v) is 5.18. The zero-order valence-corrected chi connectivity index (χ0v) is 14.4. The highest BCUT2D eigenvalue weighted by Crippen LogP contribution is 2.43. The fourth-order valence-electron chi connectivity index (χ4n) is 4.07. The zero-order valence-electron chi connectivity index (χ0n) is 14.4. The van der Waals surface area contributed by atoms with E-state index in [-0.39, 0.29) is 11.9 Å². The molecule has 4 heteroatoms. The summed E-state index contributed by atoms with van der Waals surface area (Å²) in [7, 11) is 0. The number of hydrogen-bond donors (Lipinski definition) is 1. The van der Waals surface area contributed by atoms with Gasteiger partial charge in [-0.2, -0.15) is 0 Å². The predicted octanol–water partition coefficient (Wildman–Crippen LogP) is 4.81. The number of amides is 1. The molecule has 1 N–H and O–H groups in total. The topological polar surface area (TPSA) is 49.2 Å². The third-order valence-electron chi connectivity index (χ3n) is 5.18. The zero-order chi connectivity index (χ0) is 17.7. The van der Waals surface area contributed by atoms with Crippen LogP contribution in [0.5, 0.6) is 0 Å². The molecule has 1 aliphatic heterocycles. The molecule has 1 aliphatic rings. The van der Waals surface area contributed by atoms with Gasteiger partial charge in [-0.3, -0.25) is 4.79 Å². The van der Waals surface area contributed by atoms with Gasteiger partial charge in [0.2, 0.25) is 0 Å². The summed E-state index contributed by atoms with van der Waals surface area (Å²) in [6.07, 6.45) is 1.65. The fourth-order valence-corrected chi connectivity index (χ4v) is 4.07. The molecule has 0 bridgehead atoms. The Morgan fingerprint density at radius 3 is 2.69 bits per heavy atom. The smallest absolute Gasteiger partial charge is 0.255 e. The van der Waals surface area contributed by atoms with Crippen molar-refractivity contribution in [2.24, 2.45) is 0 Å². The van der Waals surface area contributed by atoms with Crippen LogP contribution in [-0.2, 0) is 6.54 Å². The Kier molecular flexibility index (Phi) is 3.25. The molecule has 5 rings (SSSR count). The number of hydrogen-bond acceptors (Lipinski definition) is 2. The van der Waals surface area contributed by atoms with Gasteiger partial charge in [-0.05, 0) is 36.8 Å². The largest absolute Gasteiger partial charge is 0.467 e. The van der Waals surface area contributed by atoms with Gasteiger partial charge >= 0.3 is 0 Å². The summed E-state index contributed by atoms with van der Waals surface area (Å²) in [5.74, 6) is 0.834. The van der Waals surface area contributed by atoms with Crippen LogP contribution in [0.2, 0.25) is 0 Å². The Hall–Kier alpha value is -3.27. The van der Waals surface area contributed by atoms with E-state index in [0.717, 1.165) is 39.0 Å². The van der Waals surface area contributed by atoms with E-state index in [1.807, 2.05) is 47.4 Å². The van der Waals surface area contributed by atoms with Gasteiger partial charge < -0.3 is 14.3 Å². The van der Waals surface area contributed by atoms with Crippen molar-refractivity contribution in [3.05, 3.63) is 95.1 Å². The number of nitrogens with one attached hydrogen (secondary N) is 1. The Morgan fingerprint density at radius 1 is 1.04 bits per heavy atom. The predicted molar refractivity (Wildman–Crippen MR) is 99.9 cm³/mol. The van der Waals surface area contributed by atoms with E-state index in [2.05, 4.69) is 30.1 Å². The summed E-state index contributed by atoms with van der Waals surface area (Å²) in [6, 6.07) is 19.8. The monoisotopic (exact) mass is 342 g/mol. The number of furan rings is 1. The van der Waals surface area contributed by atoms with Crippen LogP contribution in [0.3, 0.4) is 0 Å². The molecule has 2 aromatic heterocycles. The number of carbonyl (C=O) groups is 1. The van der Waals surface area contributed by atoms with Gasteiger partial charge in [0.05, 0.1) is 18.8 Å². The molecule has 1 amide bonds. The molecule has 3 heterocycles. The summed E-state index contributed by atoms with van der Waals surface area (Å²) < 4.78 is 5.52. The lowest BCUT2D eigenvalue weighted by atomic mass is 9.95. The number of rotatable bonds is 3. The van der Waals surface area contributed by atoms with Crippen LogP contribution >= 0.6 is 0 Å². The van der Waals surface area contributed by atoms with Crippen molar-refractivity contribution in [3.63, 3.8) is 0 Å². The number of aromatic amines is 1. The molecule has 128 valence electrons. The molecule has 0 saturated carbocycles. The lowest BCUT2D eigenvalue weighted by Gasteiger charge is -2.25. The first-order valence-electron chi connectivity index (χ1n) is 8.73. The van der Waals surface area contributed by atoms with E-state index in [1.165, 1.54) is 0 Å². The molecule has 0 fully saturated rings. The van der Waals surface area contributed by atoms with Crippen LogP contribution in [-0.4, -0.2) is 15.8 Å². The molecule has 0 aliphatic carbocycles. The molecule has 1 atom stereocenters. The molecule has 4 aromatic rings. The minimum absolute atomic E-state index is 0.0479. The lowest BCUT2D eigenvalue weighted by molar-refractivity contribution is 0.0723. The highest BCUT2D eigenvalue weighted by Gasteiger charge is 2.39. The molecule has 0 saturated heterocycles. The quantitative estimate of drug-likeness (QED) is 0.580. The number of carbonyl (C=O) groups excluding carboxylic acids is 1. The van der Waals surface area contributed by atoms with Gasteiger partial charge in [-0.1, -0.05) is 36.4 Å². The molecule has 0 radical (unpaired) electrons. The maximum atomic E-state index is 13.2. The summed E-state index contributed by atoms with van der Waals surface area (Å²) >= 11 is 0. The second-order valence-electron chi connectivity index (χ2n) is 6.71. The molecule has 0 spiro atoms. The maximum Gasteiger partial charge on any atom is 0.255 e. The minimum Gasteiger partial charge on any atom is -0.467 e. The van der Waals surface area contributed by atoms with Crippen molar-refractivity contribution in [2.75, 3.05) is 0 Å². The first-order chi connectivity index (χ1) is 12.7. The Labute approximate surface area is 151 Å². The van der Waals surface area contributed by atoms with E-state index in [0.29, 0.717) is 6.54 Å². The van der Waals surface area contributed by atoms with E-state index < -0.39 is 0 Å². The molecule has 2 aromatic carbocycles. The molecule has 4 nitrogen and oxygen atoms in total. The van der Waals surface area contributed by atoms with Gasteiger partial charge in [0.25, 0.3) is 5.91 Å². The average molecular weight is 342 g/mol. The van der Waals surface area contributed by atoms with Crippen LogP contribution in [0.4, 0.5) is 0 Å². The van der Waals surface area contributed by atoms with Crippen molar-refractivity contribution < 1.29 is 9.21 Å². The number of aryl methyl sites for hydroxylation is 1. The van der Waals surface area contributed by atoms with Crippen molar-refractivity contribution in [1.29, 1.82) is 0 Å². The summed E-state index contributed by atoms with van der Waals surface area (Å²) in [6.45, 7) is 2.52. The summed E-state index contributed by atoms with van der Waals surface area (Å²) in [4.78, 5) is 18.5. The number of benzene rings is 2. The highest BCUT2D eigenvalue weighted by atomic mass is 16.3. The highest BCUT2D eigenvalue weighted by molar-refractivity contribution is 6.01. The third kappa shape index (κ3) is 2.12. The Morgan fingerprint density at radius 2 is 1.85 bits per heavy atom. The van der Waals surface area contributed by atoms with Crippen molar-refractivity contribution in [3.8, 4) is 0 Å². The summed E-state index contributed by atoms with van der Waals surface area (Å²) in [5.41, 5.74) is 5.16. The van der Waals surface area contributed by atoms with E-state index in [4.69, 9.17) is 4.42 Å². The number of aromatic nitrogens is 1. The molecule has 0 unspecified atom stereocenters. The standard InChI is InChI=1S/C22H18N2O2/c1-14-20(18-10-4-5-11-19(18)23-14)21-16-8-2-3-9-17(16)22(25)24(21)13-15-7-6-12-26-15/h2-12,21,23H,13H2,1H3/t21-/m1/s1. The lowest BCUT2D eigenvalue weighted by Crippen LogP contribution is -2.28. The second kappa shape index (κ2) is 5.63. The van der Waals surface area contributed by atoms with Gasteiger partial charge in [-0.15, -0.1) is 0 Å². The number of fused-ring (bicyclic) bond motifs is 2. The average Bonchev–Trinajstić information content (AvgIpc) is 3.34. The van der Waals surface area contributed by atoms with Crippen LogP contribution in [0.25, 0.3) is 10.9 Å². The van der Waals surface area contributed by atoms with Crippen molar-refractivity contribution >= 4 is 16.8 Å². The van der Waals surface area contributed by atoms with Gasteiger partial charge in [0, 0.05) is 27.7 Å². The second-order valence-corrected chi connectivity index (χ2v) is 6.71. The van der Waals surface area contributed by atoms with E-state index in [9.17, 15) is 4.79 Å². The van der Waals surface area contributed by atoms with Gasteiger partial charge in [-0.25, -0.2) is 0 Å². The number of H-pyrrole nitrogens is 1. The van der Waals surface area contributed by atoms with Gasteiger partial charge in [0.15, 0.2) is 0 Å². The molecular formula is C22H18N2O2. The SMILES string of the molecule is Cc1[nH]c2ccccc2c1[C@H]1c2ccccc2C(=O)N1Cc1ccco1. The summed E-state index contributed by atoms with van der Waals surface area (Å²) in [5, 5.41) is 1.16. The Bertz CT molecular complexity index is 1110. The van der Waals surface area contributed by atoms with E-state index >= 15 is 0 Å². The normalized spacial score (nSPS) is 16.4. The van der Waals surface area contributed by atoms with Crippen LogP contribution in [0.15, 0.2) is 71.3 Å². The van der Waals surface area contributed by atoms with Crippen LogP contribution < -0.4 is 0 Å². The molecular weight excluding hydrogens is 324 g/mol. The minimum atomic E-state index is -0.125. The van der Waals surface area contributed by atoms with Gasteiger partial charge in [0.1, 0.15) is 5.76 Å². The van der Waals surface area contributed by atoms with Crippen molar-refractivity contribution in [2.45, 2.75) is 19.5 Å². The first kappa shape index (κ1) is 15.0. The van der Waals surface area contributed by atoms with E-state index in [1.54, 1.807) is 6.26 Å². The van der Waals surface area contributed by atoms with Crippen LogP contribution in [0.1, 0.15) is 39.0 Å². The first-order valence-corrected chi connectivity index (χ1v) is 8.73. The Balaban J connectivity index is 1.72. The maximum absolute atomic E-state index is 13.2. The number of para-hydroxylation sites is 1. The van der Waals surface area contributed by atoms with Crippen molar-refractivity contribution in [1.82, 2.24) is 9.88 Å². The van der Waals surface area contributed by atoms with Crippen LogP contribution in [0, 0.1) is 6.92 Å². The number of nitrogens with zero attached hydrogens (tertiary/aromatic N) is 1. The fraction of sp³-hybridized carbons (Fsp3) is 0.136. The molecule has 26 heavy (non-hydrogen) atoms.